The fraction of sp³-hybridized carbons (Fsp3) is 0.778. The molecule has 30 heavy (non-hydrogen) atoms. The van der Waals surface area contributed by atoms with Gasteiger partial charge in [-0.05, 0) is 6.42 Å². The molecule has 0 aromatic rings. The quantitative estimate of drug-likeness (QED) is 0.316. The van der Waals surface area contributed by atoms with Crippen molar-refractivity contribution < 1.29 is 16.8 Å². The molecule has 0 aromatic carbocycles. The number of nitriles is 4. The molecule has 0 rings (SSSR count). The van der Waals surface area contributed by atoms with E-state index >= 15 is 0 Å². The van der Waals surface area contributed by atoms with Crippen LogP contribution in [0, 0.1) is 45.3 Å². The van der Waals surface area contributed by atoms with Crippen LogP contribution < -0.4 is 0 Å². The van der Waals surface area contributed by atoms with E-state index in [9.17, 15) is 16.8 Å². The van der Waals surface area contributed by atoms with Gasteiger partial charge in [0.15, 0.2) is 4.58 Å². The Morgan fingerprint density at radius 1 is 0.667 bits per heavy atom. The Labute approximate surface area is 180 Å². The van der Waals surface area contributed by atoms with Crippen molar-refractivity contribution in [2.24, 2.45) is 0 Å². The monoisotopic (exact) mass is 456 g/mol. The maximum absolute atomic E-state index is 13.3. The zero-order valence-electron chi connectivity index (χ0n) is 17.2. The Bertz CT molecular complexity index is 785. The van der Waals surface area contributed by atoms with Gasteiger partial charge in [-0.15, -0.1) is 0 Å². The first-order valence-corrected chi connectivity index (χ1v) is 12.7. The first kappa shape index (κ1) is 27.8. The highest BCUT2D eigenvalue weighted by Crippen LogP contribution is 2.25. The number of nitrogens with zero attached hydrogens (tertiary/aromatic N) is 6. The molecule has 0 spiro atoms. The van der Waals surface area contributed by atoms with Gasteiger partial charge in [0.05, 0.1) is 24.3 Å². The van der Waals surface area contributed by atoms with Crippen molar-refractivity contribution in [3.05, 3.63) is 0 Å². The van der Waals surface area contributed by atoms with Crippen molar-refractivity contribution in [3.63, 3.8) is 0 Å². The van der Waals surface area contributed by atoms with Gasteiger partial charge < -0.3 is 0 Å². The lowest BCUT2D eigenvalue weighted by Crippen LogP contribution is -2.49. The van der Waals surface area contributed by atoms with Crippen LogP contribution in [0.4, 0.5) is 0 Å². The Balaban J connectivity index is 6.18. The highest BCUT2D eigenvalue weighted by Gasteiger charge is 2.43. The number of sulfonamides is 2. The summed E-state index contributed by atoms with van der Waals surface area (Å²) in [5.74, 6) is 0. The lowest BCUT2D eigenvalue weighted by atomic mass is 10.2. The van der Waals surface area contributed by atoms with E-state index in [1.165, 1.54) is 0 Å². The van der Waals surface area contributed by atoms with E-state index in [1.807, 2.05) is 31.2 Å². The van der Waals surface area contributed by atoms with E-state index in [0.29, 0.717) is 12.8 Å². The van der Waals surface area contributed by atoms with Crippen LogP contribution in [-0.2, 0) is 20.0 Å². The minimum atomic E-state index is -4.41. The Hall–Kier alpha value is -2.22. The second-order valence-corrected chi connectivity index (χ2v) is 11.0. The summed E-state index contributed by atoms with van der Waals surface area (Å²) >= 11 is 0. The number of rotatable bonds is 16. The molecule has 0 unspecified atom stereocenters. The average Bonchev–Trinajstić information content (AvgIpc) is 2.70. The topological polar surface area (TPSA) is 170 Å². The lowest BCUT2D eigenvalue weighted by Gasteiger charge is -2.30. The molecule has 0 aliphatic heterocycles. The first-order chi connectivity index (χ1) is 14.2. The molecule has 12 heteroatoms. The Kier molecular flexibility index (Phi) is 13.6. The van der Waals surface area contributed by atoms with Crippen molar-refractivity contribution in [2.45, 2.75) is 62.9 Å². The number of hydrogen-bond donors (Lipinski definition) is 0. The molecule has 0 saturated carbocycles. The zero-order chi connectivity index (χ0) is 23.0. The third kappa shape index (κ3) is 8.65. The SMILES string of the molecule is CCCCCC(S(=O)(=O)N(CCC#N)CCC#N)S(=O)(=O)N(CCC#N)CCC#N. The summed E-state index contributed by atoms with van der Waals surface area (Å²) in [6.07, 6.45) is 1.04. The molecule has 0 fully saturated rings. The summed E-state index contributed by atoms with van der Waals surface area (Å²) in [7, 11) is -8.81. The standard InChI is InChI=1S/C18H28N6O4S2/c1-2-3-4-9-18(29(25,26)23(14-5-10-19)15-6-11-20)30(27,28)24(16-7-12-21)17-8-13-22/h18H,2-9,14-17H2,1H3. The van der Waals surface area contributed by atoms with Gasteiger partial charge in [0.2, 0.25) is 20.0 Å². The lowest BCUT2D eigenvalue weighted by molar-refractivity contribution is 0.402. The van der Waals surface area contributed by atoms with Gasteiger partial charge in [0.1, 0.15) is 0 Å². The van der Waals surface area contributed by atoms with E-state index in [2.05, 4.69) is 0 Å². The maximum Gasteiger partial charge on any atom is 0.232 e. The smallest absolute Gasteiger partial charge is 0.211 e. The van der Waals surface area contributed by atoms with Crippen LogP contribution in [0.15, 0.2) is 0 Å². The Morgan fingerprint density at radius 3 is 1.27 bits per heavy atom. The third-order valence-corrected chi connectivity index (χ3v) is 9.75. The van der Waals surface area contributed by atoms with Crippen LogP contribution in [0.5, 0.6) is 0 Å². The molecule has 166 valence electrons. The highest BCUT2D eigenvalue weighted by molar-refractivity contribution is 8.07. The summed E-state index contributed by atoms with van der Waals surface area (Å²) < 4.78 is 53.2. The molecule has 0 aromatic heterocycles. The Morgan fingerprint density at radius 2 is 1.00 bits per heavy atom. The molecule has 0 bridgehead atoms. The van der Waals surface area contributed by atoms with Crippen molar-refractivity contribution in [3.8, 4) is 24.3 Å². The molecule has 0 radical (unpaired) electrons. The molecule has 0 atom stereocenters. The van der Waals surface area contributed by atoms with Gasteiger partial charge in [-0.2, -0.15) is 29.7 Å². The predicted octanol–water partition coefficient (Wildman–Crippen LogP) is 1.81. The van der Waals surface area contributed by atoms with Gasteiger partial charge in [-0.3, -0.25) is 0 Å². The second kappa shape index (κ2) is 14.7. The van der Waals surface area contributed by atoms with Crippen LogP contribution in [-0.4, -0.2) is 56.2 Å². The summed E-state index contributed by atoms with van der Waals surface area (Å²) in [5, 5.41) is 35.3. The van der Waals surface area contributed by atoms with Crippen molar-refractivity contribution in [1.29, 1.82) is 21.0 Å². The second-order valence-electron chi connectivity index (χ2n) is 6.45. The van der Waals surface area contributed by atoms with E-state index in [1.54, 1.807) is 0 Å². The van der Waals surface area contributed by atoms with Gasteiger partial charge >= 0.3 is 0 Å². The maximum atomic E-state index is 13.3. The minimum absolute atomic E-state index is 0.140. The summed E-state index contributed by atoms with van der Waals surface area (Å²) in [5.41, 5.74) is 0. The summed E-state index contributed by atoms with van der Waals surface area (Å²) in [6, 6.07) is 7.34. The predicted molar refractivity (Wildman–Crippen MR) is 110 cm³/mol. The fourth-order valence-corrected chi connectivity index (χ4v) is 7.71. The zero-order valence-corrected chi connectivity index (χ0v) is 18.8. The van der Waals surface area contributed by atoms with Gasteiger partial charge in [0, 0.05) is 51.9 Å². The number of unbranched alkanes of at least 4 members (excludes halogenated alkanes) is 2. The first-order valence-electron chi connectivity index (χ1n) is 9.69. The van der Waals surface area contributed by atoms with Crippen molar-refractivity contribution in [2.75, 3.05) is 26.2 Å². The molecule has 0 aliphatic carbocycles. The molecular formula is C18H28N6O4S2. The van der Waals surface area contributed by atoms with E-state index in [-0.39, 0.29) is 58.3 Å². The van der Waals surface area contributed by atoms with E-state index in [4.69, 9.17) is 21.0 Å². The molecular weight excluding hydrogens is 428 g/mol. The molecule has 0 heterocycles. The van der Waals surface area contributed by atoms with Gasteiger partial charge in [-0.25, -0.2) is 16.8 Å². The molecule has 0 saturated heterocycles. The minimum Gasteiger partial charge on any atom is -0.211 e. The van der Waals surface area contributed by atoms with Gasteiger partial charge in [0.25, 0.3) is 0 Å². The van der Waals surface area contributed by atoms with Crippen molar-refractivity contribution >= 4 is 20.0 Å². The normalized spacial score (nSPS) is 11.7. The third-order valence-electron chi connectivity index (χ3n) is 4.32. The van der Waals surface area contributed by atoms with Crippen LogP contribution in [0.25, 0.3) is 0 Å². The fourth-order valence-electron chi connectivity index (χ4n) is 2.78. The molecule has 10 nitrogen and oxygen atoms in total. The van der Waals surface area contributed by atoms with Crippen molar-refractivity contribution in [1.82, 2.24) is 8.61 Å². The average molecular weight is 457 g/mol. The van der Waals surface area contributed by atoms with Gasteiger partial charge in [-0.1, -0.05) is 26.2 Å². The molecule has 0 aliphatic rings. The summed E-state index contributed by atoms with van der Waals surface area (Å²) in [4.78, 5) is 0. The molecule has 0 N–H and O–H groups in total. The summed E-state index contributed by atoms with van der Waals surface area (Å²) in [6.45, 7) is 1.05. The largest absolute Gasteiger partial charge is 0.232 e. The van der Waals surface area contributed by atoms with E-state index in [0.717, 1.165) is 15.0 Å². The van der Waals surface area contributed by atoms with Crippen LogP contribution in [0.2, 0.25) is 0 Å². The molecule has 0 amide bonds. The van der Waals surface area contributed by atoms with Crippen LogP contribution in [0.1, 0.15) is 58.3 Å². The van der Waals surface area contributed by atoms with E-state index < -0.39 is 24.6 Å². The highest BCUT2D eigenvalue weighted by atomic mass is 32.3. The number of hydrogen-bond acceptors (Lipinski definition) is 8. The van der Waals surface area contributed by atoms with Crippen LogP contribution >= 0.6 is 0 Å². The van der Waals surface area contributed by atoms with Crippen LogP contribution in [0.3, 0.4) is 0 Å².